The summed E-state index contributed by atoms with van der Waals surface area (Å²) in [7, 11) is 0. The van der Waals surface area contributed by atoms with Crippen molar-refractivity contribution in [3.05, 3.63) is 71.5 Å². The first kappa shape index (κ1) is 22.2. The van der Waals surface area contributed by atoms with E-state index in [2.05, 4.69) is 25.4 Å². The highest BCUT2D eigenvalue weighted by atomic mass is 19.1. The number of nitrogens with zero attached hydrogens (tertiary/aromatic N) is 4. The van der Waals surface area contributed by atoms with Gasteiger partial charge in [-0.2, -0.15) is 0 Å². The Balaban J connectivity index is 1.28. The molecule has 1 aliphatic rings. The van der Waals surface area contributed by atoms with Crippen LogP contribution in [0.25, 0.3) is 22.2 Å². The van der Waals surface area contributed by atoms with E-state index < -0.39 is 0 Å². The normalized spacial score (nSPS) is 14.0. The number of aromatic nitrogens is 3. The van der Waals surface area contributed by atoms with Crippen molar-refractivity contribution in [2.75, 3.05) is 31.6 Å². The largest absolute Gasteiger partial charge is 0.492 e. The van der Waals surface area contributed by atoms with Crippen molar-refractivity contribution in [2.45, 2.75) is 26.7 Å². The van der Waals surface area contributed by atoms with Gasteiger partial charge < -0.3 is 10.1 Å². The highest BCUT2D eigenvalue weighted by Crippen LogP contribution is 2.28. The summed E-state index contributed by atoms with van der Waals surface area (Å²) < 4.78 is 19.7. The molecule has 1 aromatic heterocycles. The Morgan fingerprint density at radius 1 is 0.912 bits per heavy atom. The van der Waals surface area contributed by atoms with Crippen LogP contribution in [0.3, 0.4) is 0 Å². The first-order valence-electron chi connectivity index (χ1n) is 11.7. The zero-order chi connectivity index (χ0) is 23.5. The predicted molar refractivity (Wildman–Crippen MR) is 133 cm³/mol. The van der Waals surface area contributed by atoms with Crippen molar-refractivity contribution in [3.8, 4) is 16.9 Å². The maximum Gasteiger partial charge on any atom is 0.247 e. The second-order valence-corrected chi connectivity index (χ2v) is 8.80. The van der Waals surface area contributed by atoms with E-state index in [1.54, 1.807) is 6.07 Å². The van der Waals surface area contributed by atoms with Gasteiger partial charge in [0.1, 0.15) is 23.7 Å². The van der Waals surface area contributed by atoms with E-state index in [4.69, 9.17) is 4.74 Å². The van der Waals surface area contributed by atoms with E-state index in [0.717, 1.165) is 45.8 Å². The molecule has 0 amide bonds. The number of hydrogen-bond donors (Lipinski definition) is 1. The molecule has 1 N–H and O–H groups in total. The number of hydrogen-bond acceptors (Lipinski definition) is 6. The van der Waals surface area contributed by atoms with Gasteiger partial charge in [0.2, 0.25) is 5.95 Å². The molecule has 5 rings (SSSR count). The third-order valence-electron chi connectivity index (χ3n) is 6.28. The van der Waals surface area contributed by atoms with Gasteiger partial charge in [0.25, 0.3) is 0 Å². The molecule has 4 aromatic rings. The molecule has 0 bridgehead atoms. The van der Waals surface area contributed by atoms with Crippen molar-refractivity contribution in [3.63, 3.8) is 0 Å². The van der Waals surface area contributed by atoms with Gasteiger partial charge in [-0.1, -0.05) is 12.1 Å². The molecular weight excluding hydrogens is 429 g/mol. The average molecular weight is 458 g/mol. The number of likely N-dealkylation sites (tertiary alicyclic amines) is 1. The smallest absolute Gasteiger partial charge is 0.247 e. The molecule has 174 valence electrons. The van der Waals surface area contributed by atoms with E-state index in [9.17, 15) is 4.39 Å². The van der Waals surface area contributed by atoms with E-state index in [-0.39, 0.29) is 5.82 Å². The van der Waals surface area contributed by atoms with Crippen LogP contribution >= 0.6 is 0 Å². The minimum absolute atomic E-state index is 0.261. The number of benzene rings is 3. The number of fused-ring (bicyclic) bond motifs is 1. The quantitative estimate of drug-likeness (QED) is 0.386. The van der Waals surface area contributed by atoms with Crippen LogP contribution in [0.15, 0.2) is 54.6 Å². The first-order chi connectivity index (χ1) is 16.5. The fraction of sp³-hybridized carbons (Fsp3) is 0.296. The molecule has 7 heteroatoms. The number of ether oxygens (including phenoxy) is 1. The van der Waals surface area contributed by atoms with E-state index in [1.807, 2.05) is 50.2 Å². The molecule has 2 heterocycles. The molecule has 1 fully saturated rings. The maximum absolute atomic E-state index is 13.7. The van der Waals surface area contributed by atoms with Crippen LogP contribution in [0.2, 0.25) is 0 Å². The molecular formula is C27H28FN5O. The van der Waals surface area contributed by atoms with Crippen LogP contribution in [-0.2, 0) is 0 Å². The molecule has 0 unspecified atom stereocenters. The Morgan fingerprint density at radius 2 is 1.76 bits per heavy atom. The van der Waals surface area contributed by atoms with Gasteiger partial charge in [0.15, 0.2) is 0 Å². The highest BCUT2D eigenvalue weighted by molar-refractivity contribution is 5.82. The Bertz CT molecular complexity index is 1320. The number of rotatable bonds is 7. The fourth-order valence-corrected chi connectivity index (χ4v) is 4.35. The lowest BCUT2D eigenvalue weighted by Crippen LogP contribution is -2.25. The molecule has 0 radical (unpaired) electrons. The van der Waals surface area contributed by atoms with E-state index >= 15 is 0 Å². The molecule has 3 aromatic carbocycles. The van der Waals surface area contributed by atoms with Gasteiger partial charge in [0, 0.05) is 12.2 Å². The minimum atomic E-state index is -0.261. The van der Waals surface area contributed by atoms with Crippen molar-refractivity contribution >= 4 is 22.7 Å². The van der Waals surface area contributed by atoms with Crippen LogP contribution in [0.5, 0.6) is 5.75 Å². The van der Waals surface area contributed by atoms with Crippen molar-refractivity contribution in [2.24, 2.45) is 0 Å². The third kappa shape index (κ3) is 4.99. The second kappa shape index (κ2) is 9.73. The summed E-state index contributed by atoms with van der Waals surface area (Å²) in [5.74, 6) is 1.02. The molecule has 1 aliphatic heterocycles. The van der Waals surface area contributed by atoms with Crippen LogP contribution in [0, 0.1) is 19.7 Å². The zero-order valence-corrected chi connectivity index (χ0v) is 19.5. The average Bonchev–Trinajstić information content (AvgIpc) is 3.35. The number of nitrogens with one attached hydrogen (secondary N) is 1. The Morgan fingerprint density at radius 3 is 2.59 bits per heavy atom. The summed E-state index contributed by atoms with van der Waals surface area (Å²) in [6, 6.07) is 16.4. The molecule has 0 spiro atoms. The zero-order valence-electron chi connectivity index (χ0n) is 19.5. The first-order valence-corrected chi connectivity index (χ1v) is 11.7. The van der Waals surface area contributed by atoms with Crippen molar-refractivity contribution in [1.82, 2.24) is 20.1 Å². The van der Waals surface area contributed by atoms with Crippen LogP contribution in [0.1, 0.15) is 24.0 Å². The summed E-state index contributed by atoms with van der Waals surface area (Å²) in [5, 5.41) is 11.9. The van der Waals surface area contributed by atoms with Gasteiger partial charge in [-0.15, -0.1) is 10.2 Å². The van der Waals surface area contributed by atoms with E-state index in [0.29, 0.717) is 18.1 Å². The van der Waals surface area contributed by atoms with Gasteiger partial charge in [0.05, 0.1) is 5.52 Å². The number of anilines is 2. The van der Waals surface area contributed by atoms with Gasteiger partial charge in [-0.25, -0.2) is 9.37 Å². The molecule has 34 heavy (non-hydrogen) atoms. The van der Waals surface area contributed by atoms with Crippen LogP contribution in [-0.4, -0.2) is 46.3 Å². The Labute approximate surface area is 198 Å². The molecule has 0 aliphatic carbocycles. The summed E-state index contributed by atoms with van der Waals surface area (Å²) in [5.41, 5.74) is 6.04. The third-order valence-corrected chi connectivity index (χ3v) is 6.28. The summed E-state index contributed by atoms with van der Waals surface area (Å²) in [4.78, 5) is 7.05. The SMILES string of the molecule is Cc1cc(OCCN2CCCC2)ccc1Nc1nnc2cc(-c3cc(F)ccc3C)ccc2n1. The number of aryl methyl sites for hydroxylation is 2. The molecule has 0 atom stereocenters. The number of halogens is 1. The molecule has 1 saturated heterocycles. The predicted octanol–water partition coefficient (Wildman–Crippen LogP) is 5.67. The van der Waals surface area contributed by atoms with E-state index in [1.165, 1.54) is 38.1 Å². The molecule has 6 nitrogen and oxygen atoms in total. The lowest BCUT2D eigenvalue weighted by atomic mass is 10.00. The summed E-state index contributed by atoms with van der Waals surface area (Å²) in [6.45, 7) is 8.00. The van der Waals surface area contributed by atoms with Gasteiger partial charge in [-0.05, 0) is 104 Å². The Kier molecular flexibility index (Phi) is 6.36. The lowest BCUT2D eigenvalue weighted by molar-refractivity contribution is 0.237. The standard InChI is InChI=1S/C27H28FN5O/c1-18-5-7-21(28)17-23(18)20-6-9-25-26(16-20)31-32-27(30-25)29-24-10-8-22(15-19(24)2)34-14-13-33-11-3-4-12-33/h5-10,15-17H,3-4,11-14H2,1-2H3,(H,29,30,32). The topological polar surface area (TPSA) is 63.2 Å². The fourth-order valence-electron chi connectivity index (χ4n) is 4.35. The van der Waals surface area contributed by atoms with Gasteiger partial charge in [-0.3, -0.25) is 4.90 Å². The minimum Gasteiger partial charge on any atom is -0.492 e. The highest BCUT2D eigenvalue weighted by Gasteiger charge is 2.12. The second-order valence-electron chi connectivity index (χ2n) is 8.80. The monoisotopic (exact) mass is 457 g/mol. The summed E-state index contributed by atoms with van der Waals surface area (Å²) >= 11 is 0. The van der Waals surface area contributed by atoms with Crippen LogP contribution in [0.4, 0.5) is 16.0 Å². The lowest BCUT2D eigenvalue weighted by Gasteiger charge is -2.16. The van der Waals surface area contributed by atoms with Crippen LogP contribution < -0.4 is 10.1 Å². The van der Waals surface area contributed by atoms with Crippen molar-refractivity contribution in [1.29, 1.82) is 0 Å². The maximum atomic E-state index is 13.7. The summed E-state index contributed by atoms with van der Waals surface area (Å²) in [6.07, 6.45) is 2.58. The molecule has 0 saturated carbocycles. The Hall–Kier alpha value is -3.58. The van der Waals surface area contributed by atoms with Gasteiger partial charge >= 0.3 is 0 Å². The van der Waals surface area contributed by atoms with Crippen molar-refractivity contribution < 1.29 is 9.13 Å².